The van der Waals surface area contributed by atoms with Crippen LogP contribution >= 0.6 is 0 Å². The molecule has 0 amide bonds. The lowest BCUT2D eigenvalue weighted by Gasteiger charge is -2.27. The molecule has 0 saturated carbocycles. The van der Waals surface area contributed by atoms with E-state index in [0.717, 1.165) is 12.0 Å². The van der Waals surface area contributed by atoms with Crippen LogP contribution in [0.15, 0.2) is 24.3 Å². The molecule has 1 unspecified atom stereocenters. The largest absolute Gasteiger partial charge is 0.384 e. The summed E-state index contributed by atoms with van der Waals surface area (Å²) in [6, 6.07) is 8.06. The van der Waals surface area contributed by atoms with Crippen LogP contribution in [0.3, 0.4) is 0 Å². The van der Waals surface area contributed by atoms with Gasteiger partial charge in [-0.3, -0.25) is 0 Å². The predicted molar refractivity (Wildman–Crippen MR) is 59.3 cm³/mol. The van der Waals surface area contributed by atoms with Crippen molar-refractivity contribution in [3.8, 4) is 0 Å². The fraction of sp³-hybridized carbons (Fsp3) is 0.500. The summed E-state index contributed by atoms with van der Waals surface area (Å²) in [4.78, 5) is 0. The van der Waals surface area contributed by atoms with Crippen molar-refractivity contribution in [3.63, 3.8) is 0 Å². The third-order valence-corrected chi connectivity index (χ3v) is 2.64. The van der Waals surface area contributed by atoms with Gasteiger partial charge in [0.05, 0.1) is 0 Å². The standard InChI is InChI=1S/C12H19NO/c1-4-12(14,9-13-3)11-7-5-10(2)6-8-11/h5-8,13-14H,4,9H2,1-3H3. The Morgan fingerprint density at radius 3 is 2.29 bits per heavy atom. The van der Waals surface area contributed by atoms with Gasteiger partial charge < -0.3 is 10.4 Å². The van der Waals surface area contributed by atoms with E-state index in [4.69, 9.17) is 0 Å². The first-order valence-corrected chi connectivity index (χ1v) is 5.06. The van der Waals surface area contributed by atoms with Gasteiger partial charge in [-0.1, -0.05) is 36.8 Å². The molecule has 1 rings (SSSR count). The summed E-state index contributed by atoms with van der Waals surface area (Å²) in [5.74, 6) is 0. The van der Waals surface area contributed by atoms with Crippen LogP contribution < -0.4 is 5.32 Å². The highest BCUT2D eigenvalue weighted by Gasteiger charge is 2.25. The maximum atomic E-state index is 10.3. The Hall–Kier alpha value is -0.860. The maximum absolute atomic E-state index is 10.3. The van der Waals surface area contributed by atoms with E-state index in [2.05, 4.69) is 5.32 Å². The molecule has 0 radical (unpaired) electrons. The van der Waals surface area contributed by atoms with E-state index >= 15 is 0 Å². The molecule has 0 aromatic heterocycles. The van der Waals surface area contributed by atoms with E-state index in [1.807, 2.05) is 45.2 Å². The minimum atomic E-state index is -0.734. The van der Waals surface area contributed by atoms with Crippen LogP contribution in [-0.4, -0.2) is 18.7 Å². The molecule has 1 aromatic rings. The van der Waals surface area contributed by atoms with E-state index < -0.39 is 5.60 Å². The lowest BCUT2D eigenvalue weighted by molar-refractivity contribution is 0.0346. The lowest BCUT2D eigenvalue weighted by atomic mass is 9.90. The van der Waals surface area contributed by atoms with Gasteiger partial charge in [0.1, 0.15) is 5.60 Å². The van der Waals surface area contributed by atoms with Gasteiger partial charge in [0.25, 0.3) is 0 Å². The minimum Gasteiger partial charge on any atom is -0.384 e. The van der Waals surface area contributed by atoms with E-state index in [1.165, 1.54) is 5.56 Å². The Morgan fingerprint density at radius 2 is 1.86 bits per heavy atom. The van der Waals surface area contributed by atoms with E-state index in [1.54, 1.807) is 0 Å². The second kappa shape index (κ2) is 4.58. The highest BCUT2D eigenvalue weighted by molar-refractivity contribution is 5.26. The van der Waals surface area contributed by atoms with Crippen LogP contribution in [0.25, 0.3) is 0 Å². The van der Waals surface area contributed by atoms with Crippen LogP contribution in [0, 0.1) is 6.92 Å². The fourth-order valence-electron chi connectivity index (χ4n) is 1.59. The van der Waals surface area contributed by atoms with Crippen LogP contribution in [-0.2, 0) is 5.60 Å². The zero-order valence-electron chi connectivity index (χ0n) is 9.17. The Morgan fingerprint density at radius 1 is 1.29 bits per heavy atom. The summed E-state index contributed by atoms with van der Waals surface area (Å²) in [6.45, 7) is 4.64. The number of hydrogen-bond acceptors (Lipinski definition) is 2. The van der Waals surface area contributed by atoms with Crippen LogP contribution in [0.4, 0.5) is 0 Å². The van der Waals surface area contributed by atoms with E-state index in [9.17, 15) is 5.11 Å². The van der Waals surface area contributed by atoms with Gasteiger partial charge in [0, 0.05) is 6.54 Å². The van der Waals surface area contributed by atoms with Crippen molar-refractivity contribution in [3.05, 3.63) is 35.4 Å². The molecule has 0 aliphatic heterocycles. The molecule has 14 heavy (non-hydrogen) atoms. The molecule has 78 valence electrons. The van der Waals surface area contributed by atoms with Gasteiger partial charge in [0.2, 0.25) is 0 Å². The van der Waals surface area contributed by atoms with Crippen molar-refractivity contribution < 1.29 is 5.11 Å². The van der Waals surface area contributed by atoms with Crippen molar-refractivity contribution in [2.45, 2.75) is 25.9 Å². The van der Waals surface area contributed by atoms with Crippen molar-refractivity contribution in [1.82, 2.24) is 5.32 Å². The van der Waals surface area contributed by atoms with Crippen LogP contribution in [0.2, 0.25) is 0 Å². The maximum Gasteiger partial charge on any atom is 0.102 e. The Balaban J connectivity index is 2.94. The first-order valence-electron chi connectivity index (χ1n) is 5.06. The summed E-state index contributed by atoms with van der Waals surface area (Å²) >= 11 is 0. The first-order chi connectivity index (χ1) is 6.62. The Kier molecular flexibility index (Phi) is 3.67. The third kappa shape index (κ3) is 2.34. The number of aliphatic hydroxyl groups is 1. The molecule has 0 bridgehead atoms. The number of nitrogens with one attached hydrogen (secondary N) is 1. The number of hydrogen-bond donors (Lipinski definition) is 2. The quantitative estimate of drug-likeness (QED) is 0.764. The molecule has 0 heterocycles. The number of likely N-dealkylation sites (N-methyl/N-ethyl adjacent to an activating group) is 1. The van der Waals surface area contributed by atoms with Crippen molar-refractivity contribution in [2.75, 3.05) is 13.6 Å². The molecule has 2 nitrogen and oxygen atoms in total. The van der Waals surface area contributed by atoms with Gasteiger partial charge in [-0.25, -0.2) is 0 Å². The SMILES string of the molecule is CCC(O)(CNC)c1ccc(C)cc1. The molecule has 0 spiro atoms. The topological polar surface area (TPSA) is 32.3 Å². The zero-order valence-corrected chi connectivity index (χ0v) is 9.17. The van der Waals surface area contributed by atoms with Crippen molar-refractivity contribution in [1.29, 1.82) is 0 Å². The molecular weight excluding hydrogens is 174 g/mol. The molecule has 0 aliphatic rings. The van der Waals surface area contributed by atoms with Crippen molar-refractivity contribution >= 4 is 0 Å². The normalized spacial score (nSPS) is 15.1. The minimum absolute atomic E-state index is 0.590. The Bertz CT molecular complexity index is 281. The van der Waals surface area contributed by atoms with E-state index in [-0.39, 0.29) is 0 Å². The number of aryl methyl sites for hydroxylation is 1. The molecule has 2 heteroatoms. The van der Waals surface area contributed by atoms with Gasteiger partial charge >= 0.3 is 0 Å². The fourth-order valence-corrected chi connectivity index (χ4v) is 1.59. The molecule has 0 fully saturated rings. The zero-order chi connectivity index (χ0) is 10.6. The van der Waals surface area contributed by atoms with Gasteiger partial charge in [-0.05, 0) is 26.0 Å². The average Bonchev–Trinajstić information content (AvgIpc) is 2.19. The monoisotopic (exact) mass is 193 g/mol. The number of rotatable bonds is 4. The van der Waals surface area contributed by atoms with Gasteiger partial charge in [-0.15, -0.1) is 0 Å². The molecule has 0 aliphatic carbocycles. The van der Waals surface area contributed by atoms with Crippen LogP contribution in [0.5, 0.6) is 0 Å². The first kappa shape index (κ1) is 11.2. The smallest absolute Gasteiger partial charge is 0.102 e. The Labute approximate surface area is 86.0 Å². The average molecular weight is 193 g/mol. The molecule has 0 saturated heterocycles. The highest BCUT2D eigenvalue weighted by atomic mass is 16.3. The second-order valence-corrected chi connectivity index (χ2v) is 3.78. The molecule has 2 N–H and O–H groups in total. The predicted octanol–water partition coefficient (Wildman–Crippen LogP) is 1.81. The van der Waals surface area contributed by atoms with Gasteiger partial charge in [-0.2, -0.15) is 0 Å². The third-order valence-electron chi connectivity index (χ3n) is 2.64. The molecule has 1 atom stereocenters. The lowest BCUT2D eigenvalue weighted by Crippen LogP contribution is -2.35. The highest BCUT2D eigenvalue weighted by Crippen LogP contribution is 2.24. The summed E-state index contributed by atoms with van der Waals surface area (Å²) < 4.78 is 0. The molecule has 1 aromatic carbocycles. The summed E-state index contributed by atoms with van der Waals surface area (Å²) in [5, 5.41) is 13.3. The summed E-state index contributed by atoms with van der Waals surface area (Å²) in [6.07, 6.45) is 0.719. The van der Waals surface area contributed by atoms with Crippen molar-refractivity contribution in [2.24, 2.45) is 0 Å². The summed E-state index contributed by atoms with van der Waals surface area (Å²) in [7, 11) is 1.86. The van der Waals surface area contributed by atoms with E-state index in [0.29, 0.717) is 6.54 Å². The van der Waals surface area contributed by atoms with Crippen LogP contribution in [0.1, 0.15) is 24.5 Å². The number of benzene rings is 1. The second-order valence-electron chi connectivity index (χ2n) is 3.78. The van der Waals surface area contributed by atoms with Gasteiger partial charge in [0.15, 0.2) is 0 Å². The summed E-state index contributed by atoms with van der Waals surface area (Å²) in [5.41, 5.74) is 1.47. The molecular formula is C12H19NO.